The maximum atomic E-state index is 16.1. The molecule has 0 spiro atoms. The maximum Gasteiger partial charge on any atom is 0.426 e. The summed E-state index contributed by atoms with van der Waals surface area (Å²) < 4.78 is 16.1. The van der Waals surface area contributed by atoms with E-state index in [-0.39, 0.29) is 24.0 Å². The lowest BCUT2D eigenvalue weighted by Gasteiger charge is -2.45. The number of thiazole rings is 1. The number of halogens is 1. The highest BCUT2D eigenvalue weighted by Gasteiger charge is 2.42. The number of aldehydes is 1. The number of hydrogen-bond acceptors (Lipinski definition) is 10. The van der Waals surface area contributed by atoms with Crippen molar-refractivity contribution in [2.45, 2.75) is 44.8 Å². The van der Waals surface area contributed by atoms with Gasteiger partial charge in [-0.15, -0.1) is 11.3 Å². The highest BCUT2D eigenvalue weighted by Crippen LogP contribution is 2.33. The van der Waals surface area contributed by atoms with Gasteiger partial charge in [0.1, 0.15) is 11.3 Å². The van der Waals surface area contributed by atoms with Gasteiger partial charge < -0.3 is 14.8 Å². The van der Waals surface area contributed by atoms with Crippen molar-refractivity contribution in [1.29, 1.82) is 0 Å². The number of rotatable bonds is 10. The fourth-order valence-electron chi connectivity index (χ4n) is 4.12. The molecule has 1 aliphatic carbocycles. The van der Waals surface area contributed by atoms with E-state index in [9.17, 15) is 14.7 Å². The molecule has 1 fully saturated rings. The molecule has 2 heterocycles. The lowest BCUT2D eigenvalue weighted by Crippen LogP contribution is -2.63. The van der Waals surface area contributed by atoms with E-state index in [2.05, 4.69) is 9.98 Å². The zero-order valence-corrected chi connectivity index (χ0v) is 20.4. The predicted octanol–water partition coefficient (Wildman–Crippen LogP) is 2.92. The molecular weight excluding hydrogens is 469 g/mol. The summed E-state index contributed by atoms with van der Waals surface area (Å²) in [4.78, 5) is 33.4. The van der Waals surface area contributed by atoms with E-state index in [0.29, 0.717) is 25.3 Å². The number of amides is 1. The molecule has 2 aliphatic rings. The summed E-state index contributed by atoms with van der Waals surface area (Å²) in [5.41, 5.74) is 0. The lowest BCUT2D eigenvalue weighted by molar-refractivity contribution is -0.109. The first kappa shape index (κ1) is 25.4. The molecule has 0 bridgehead atoms. The van der Waals surface area contributed by atoms with Crippen LogP contribution in [0.25, 0.3) is 0 Å². The van der Waals surface area contributed by atoms with E-state index in [4.69, 9.17) is 5.84 Å². The zero-order valence-electron chi connectivity index (χ0n) is 18.8. The molecule has 3 N–H and O–H groups in total. The van der Waals surface area contributed by atoms with Crippen LogP contribution in [-0.4, -0.2) is 80.1 Å². The van der Waals surface area contributed by atoms with Gasteiger partial charge in [-0.3, -0.25) is 5.84 Å². The fraction of sp³-hybridized carbons (Fsp3) is 0.600. The smallest absolute Gasteiger partial charge is 0.426 e. The number of aliphatic imine (C=N–C) groups is 1. The standard InChI is InChI=1S/C20H30FN7O3S2/c1-25(13-15-23-8-11-33-15)17-16(21)18(26(22)12-14-6-3-4-7-14)28(19(24-17)32-2)27(20(30)31)9-5-10-29/h8,10-11,14,18H,3-7,9,12-13,22H2,1-2H3,(H,30,31). The topological polar surface area (TPSA) is 119 Å². The minimum Gasteiger partial charge on any atom is -0.464 e. The molecular formula is C20H30FN7O3S2. The maximum absolute atomic E-state index is 16.1. The molecule has 0 radical (unpaired) electrons. The fourth-order valence-corrected chi connectivity index (χ4v) is 5.35. The number of carbonyl (C=O) groups excluding carboxylic acids is 1. The van der Waals surface area contributed by atoms with E-state index in [1.165, 1.54) is 33.1 Å². The van der Waals surface area contributed by atoms with Crippen molar-refractivity contribution in [3.63, 3.8) is 0 Å². The van der Waals surface area contributed by atoms with Gasteiger partial charge >= 0.3 is 6.09 Å². The Balaban J connectivity index is 1.99. The Labute approximate surface area is 200 Å². The number of hydrazine groups is 2. The monoisotopic (exact) mass is 499 g/mol. The summed E-state index contributed by atoms with van der Waals surface area (Å²) in [6.45, 7) is 0.629. The average Bonchev–Trinajstić information content (AvgIpc) is 3.48. The second-order valence-electron chi connectivity index (χ2n) is 7.98. The molecule has 1 amide bonds. The molecule has 10 nitrogen and oxygen atoms in total. The Kier molecular flexibility index (Phi) is 9.06. The average molecular weight is 500 g/mol. The van der Waals surface area contributed by atoms with Crippen molar-refractivity contribution in [3.05, 3.63) is 28.2 Å². The van der Waals surface area contributed by atoms with E-state index >= 15 is 4.39 Å². The van der Waals surface area contributed by atoms with Crippen molar-refractivity contribution in [2.75, 3.05) is 26.4 Å². The zero-order chi connectivity index (χ0) is 24.0. The summed E-state index contributed by atoms with van der Waals surface area (Å²) in [7, 11) is 1.71. The highest BCUT2D eigenvalue weighted by molar-refractivity contribution is 8.13. The molecule has 1 unspecified atom stereocenters. The first-order valence-corrected chi connectivity index (χ1v) is 12.8. The van der Waals surface area contributed by atoms with Crippen LogP contribution < -0.4 is 5.84 Å². The second kappa shape index (κ2) is 11.8. The molecule has 1 aromatic rings. The van der Waals surface area contributed by atoms with Crippen LogP contribution in [-0.2, 0) is 11.3 Å². The Morgan fingerprint density at radius 2 is 2.18 bits per heavy atom. The lowest BCUT2D eigenvalue weighted by atomic mass is 10.1. The van der Waals surface area contributed by atoms with Crippen LogP contribution in [0.2, 0.25) is 0 Å². The Morgan fingerprint density at radius 3 is 2.76 bits per heavy atom. The summed E-state index contributed by atoms with van der Waals surface area (Å²) in [5.74, 6) is 6.17. The number of aromatic nitrogens is 1. The van der Waals surface area contributed by atoms with Gasteiger partial charge in [0.2, 0.25) is 0 Å². The van der Waals surface area contributed by atoms with Crippen molar-refractivity contribution in [2.24, 2.45) is 16.8 Å². The number of carbonyl (C=O) groups is 2. The summed E-state index contributed by atoms with van der Waals surface area (Å²) in [5, 5.41) is 16.3. The van der Waals surface area contributed by atoms with E-state index in [1.807, 2.05) is 5.38 Å². The molecule has 1 atom stereocenters. The van der Waals surface area contributed by atoms with E-state index in [0.717, 1.165) is 35.7 Å². The summed E-state index contributed by atoms with van der Waals surface area (Å²) in [6, 6.07) is 0. The van der Waals surface area contributed by atoms with Gasteiger partial charge in [0.15, 0.2) is 23.0 Å². The number of thioether (sulfide) groups is 1. The van der Waals surface area contributed by atoms with Crippen LogP contribution >= 0.6 is 23.1 Å². The van der Waals surface area contributed by atoms with Crippen molar-refractivity contribution in [3.8, 4) is 0 Å². The van der Waals surface area contributed by atoms with Gasteiger partial charge in [0.25, 0.3) is 0 Å². The summed E-state index contributed by atoms with van der Waals surface area (Å²) in [6.07, 6.45) is 5.70. The molecule has 0 saturated heterocycles. The predicted molar refractivity (Wildman–Crippen MR) is 127 cm³/mol. The SMILES string of the molecule is CSC1=NC(N(C)Cc2nccs2)=C(F)C(N(N)CC2CCCC2)N1N(CCC=O)C(=O)O. The van der Waals surface area contributed by atoms with Gasteiger partial charge in [-0.05, 0) is 25.0 Å². The van der Waals surface area contributed by atoms with Gasteiger partial charge in [-0.2, -0.15) is 0 Å². The van der Waals surface area contributed by atoms with E-state index < -0.39 is 18.1 Å². The second-order valence-corrected chi connectivity index (χ2v) is 9.73. The van der Waals surface area contributed by atoms with Crippen LogP contribution in [0.15, 0.2) is 28.2 Å². The quantitative estimate of drug-likeness (QED) is 0.284. The van der Waals surface area contributed by atoms with Crippen LogP contribution in [0.1, 0.15) is 37.1 Å². The highest BCUT2D eigenvalue weighted by atomic mass is 32.2. The van der Waals surface area contributed by atoms with Gasteiger partial charge in [-0.1, -0.05) is 24.6 Å². The molecule has 1 saturated carbocycles. The molecule has 0 aromatic carbocycles. The Hall–Kier alpha value is -2.22. The van der Waals surface area contributed by atoms with Crippen LogP contribution in [0.5, 0.6) is 0 Å². The summed E-state index contributed by atoms with van der Waals surface area (Å²) >= 11 is 2.64. The minimum atomic E-state index is -1.31. The molecule has 13 heteroatoms. The number of amidine groups is 1. The Morgan fingerprint density at radius 1 is 1.45 bits per heavy atom. The third-order valence-electron chi connectivity index (χ3n) is 5.67. The number of carboxylic acid groups (broad SMARTS) is 1. The first-order valence-electron chi connectivity index (χ1n) is 10.7. The molecule has 182 valence electrons. The van der Waals surface area contributed by atoms with Crippen LogP contribution in [0.4, 0.5) is 9.18 Å². The third kappa shape index (κ3) is 6.02. The Bertz CT molecular complexity index is 877. The van der Waals surface area contributed by atoms with Crippen molar-refractivity contribution >= 4 is 40.6 Å². The molecule has 1 aliphatic heterocycles. The minimum absolute atomic E-state index is 0.0352. The van der Waals surface area contributed by atoms with Crippen LogP contribution in [0.3, 0.4) is 0 Å². The molecule has 33 heavy (non-hydrogen) atoms. The third-order valence-corrected chi connectivity index (χ3v) is 7.07. The van der Waals surface area contributed by atoms with Gasteiger partial charge in [0.05, 0.1) is 13.1 Å². The van der Waals surface area contributed by atoms with Crippen molar-refractivity contribution in [1.82, 2.24) is 24.9 Å². The molecule has 3 rings (SSSR count). The first-order chi connectivity index (χ1) is 15.9. The number of nitrogens with zero attached hydrogens (tertiary/aromatic N) is 6. The molecule has 1 aromatic heterocycles. The van der Waals surface area contributed by atoms with E-state index in [1.54, 1.807) is 24.4 Å². The van der Waals surface area contributed by atoms with Crippen molar-refractivity contribution < 1.29 is 19.1 Å². The normalized spacial score (nSPS) is 19.2. The van der Waals surface area contributed by atoms with Gasteiger partial charge in [-0.25, -0.2) is 34.2 Å². The van der Waals surface area contributed by atoms with Crippen LogP contribution in [0, 0.1) is 5.92 Å². The van der Waals surface area contributed by atoms with Gasteiger partial charge in [0, 0.05) is 31.6 Å². The number of nitrogens with two attached hydrogens (primary N) is 1. The number of hydrogen-bond donors (Lipinski definition) is 2. The largest absolute Gasteiger partial charge is 0.464 e.